The summed E-state index contributed by atoms with van der Waals surface area (Å²) in [4.78, 5) is 4.49. The van der Waals surface area contributed by atoms with Gasteiger partial charge in [-0.15, -0.1) is 0 Å². The molecule has 19 heavy (non-hydrogen) atoms. The Balaban J connectivity index is 1.91. The van der Waals surface area contributed by atoms with Crippen LogP contribution in [0.1, 0.15) is 31.9 Å². The van der Waals surface area contributed by atoms with Crippen LogP contribution in [0.4, 0.5) is 0 Å². The van der Waals surface area contributed by atoms with E-state index >= 15 is 0 Å². The summed E-state index contributed by atoms with van der Waals surface area (Å²) in [6, 6.07) is 0.0512. The molecule has 0 saturated carbocycles. The molecule has 1 aromatic rings. The molecule has 1 aliphatic heterocycles. The molecule has 0 aromatic carbocycles. The van der Waals surface area contributed by atoms with Crippen LogP contribution in [0, 0.1) is 5.92 Å². The maximum Gasteiger partial charge on any atom is 0.151 e. The van der Waals surface area contributed by atoms with Crippen LogP contribution in [0.2, 0.25) is 0 Å². The van der Waals surface area contributed by atoms with E-state index in [0.29, 0.717) is 24.6 Å². The largest absolute Gasteiger partial charge is 0.306 e. The highest BCUT2D eigenvalue weighted by Gasteiger charge is 2.27. The molecule has 1 aromatic heterocycles. The van der Waals surface area contributed by atoms with Crippen LogP contribution >= 0.6 is 0 Å². The zero-order valence-electron chi connectivity index (χ0n) is 11.8. The van der Waals surface area contributed by atoms with E-state index in [4.69, 9.17) is 0 Å². The van der Waals surface area contributed by atoms with E-state index < -0.39 is 9.84 Å². The minimum atomic E-state index is -2.83. The Morgan fingerprint density at radius 2 is 2.21 bits per heavy atom. The molecule has 0 radical (unpaired) electrons. The summed E-state index contributed by atoms with van der Waals surface area (Å²) in [5, 5.41) is 7.63. The molecule has 0 spiro atoms. The van der Waals surface area contributed by atoms with Gasteiger partial charge in [-0.3, -0.25) is 4.68 Å². The Hall–Kier alpha value is -0.950. The summed E-state index contributed by atoms with van der Waals surface area (Å²) in [5.41, 5.74) is 0. The van der Waals surface area contributed by atoms with Gasteiger partial charge in [0.15, 0.2) is 15.7 Å². The molecular formula is C12H22N4O2S. The zero-order valence-corrected chi connectivity index (χ0v) is 12.6. The third kappa shape index (κ3) is 4.01. The van der Waals surface area contributed by atoms with Gasteiger partial charge in [0.2, 0.25) is 0 Å². The zero-order chi connectivity index (χ0) is 14.0. The molecule has 0 amide bonds. The summed E-state index contributed by atoms with van der Waals surface area (Å²) in [6.45, 7) is 4.84. The monoisotopic (exact) mass is 286 g/mol. The van der Waals surface area contributed by atoms with Gasteiger partial charge < -0.3 is 5.32 Å². The fourth-order valence-corrected chi connectivity index (χ4v) is 3.98. The van der Waals surface area contributed by atoms with Crippen molar-refractivity contribution in [2.45, 2.75) is 39.3 Å². The first-order valence-electron chi connectivity index (χ1n) is 6.68. The Kier molecular flexibility index (Phi) is 4.25. The molecule has 2 rings (SSSR count). The van der Waals surface area contributed by atoms with Gasteiger partial charge in [-0.05, 0) is 12.3 Å². The van der Waals surface area contributed by atoms with Gasteiger partial charge in [-0.25, -0.2) is 13.4 Å². The maximum absolute atomic E-state index is 11.4. The minimum absolute atomic E-state index is 0.0512. The van der Waals surface area contributed by atoms with Crippen molar-refractivity contribution < 1.29 is 8.42 Å². The predicted molar refractivity (Wildman–Crippen MR) is 73.4 cm³/mol. The van der Waals surface area contributed by atoms with Crippen LogP contribution < -0.4 is 5.32 Å². The fraction of sp³-hybridized carbons (Fsp3) is 0.833. The highest BCUT2D eigenvalue weighted by atomic mass is 32.2. The molecule has 1 saturated heterocycles. The van der Waals surface area contributed by atoms with Crippen molar-refractivity contribution in [1.82, 2.24) is 20.1 Å². The lowest BCUT2D eigenvalue weighted by Crippen LogP contribution is -2.30. The van der Waals surface area contributed by atoms with Crippen molar-refractivity contribution >= 4 is 9.84 Å². The minimum Gasteiger partial charge on any atom is -0.306 e. The maximum atomic E-state index is 11.4. The van der Waals surface area contributed by atoms with Gasteiger partial charge in [0.05, 0.1) is 18.1 Å². The molecule has 7 heteroatoms. The first-order chi connectivity index (χ1) is 8.85. The molecular weight excluding hydrogens is 264 g/mol. The van der Waals surface area contributed by atoms with E-state index in [2.05, 4.69) is 29.2 Å². The fourth-order valence-electron chi connectivity index (χ4n) is 2.27. The first kappa shape index (κ1) is 14.5. The van der Waals surface area contributed by atoms with Crippen molar-refractivity contribution in [2.75, 3.05) is 11.5 Å². The lowest BCUT2D eigenvalue weighted by Gasteiger charge is -2.09. The topological polar surface area (TPSA) is 76.9 Å². The third-order valence-corrected chi connectivity index (χ3v) is 5.04. The molecule has 1 atom stereocenters. The van der Waals surface area contributed by atoms with Crippen LogP contribution in [0.25, 0.3) is 0 Å². The lowest BCUT2D eigenvalue weighted by atomic mass is 10.1. The van der Waals surface area contributed by atoms with Crippen molar-refractivity contribution in [3.63, 3.8) is 0 Å². The van der Waals surface area contributed by atoms with E-state index in [1.54, 1.807) is 4.68 Å². The molecule has 1 N–H and O–H groups in total. The van der Waals surface area contributed by atoms with E-state index in [1.807, 2.05) is 7.05 Å². The van der Waals surface area contributed by atoms with Crippen molar-refractivity contribution in [3.8, 4) is 0 Å². The molecule has 1 unspecified atom stereocenters. The second kappa shape index (κ2) is 5.58. The molecule has 108 valence electrons. The summed E-state index contributed by atoms with van der Waals surface area (Å²) in [6.07, 6.45) is 1.56. The van der Waals surface area contributed by atoms with Crippen LogP contribution in [0.3, 0.4) is 0 Å². The third-order valence-electron chi connectivity index (χ3n) is 3.27. The average molecular weight is 286 g/mol. The SMILES string of the molecule is CC(C)Cc1nc(CNC2CCS(=O)(=O)C2)n(C)n1. The standard InChI is InChI=1S/C12H22N4O2S/c1-9(2)6-11-14-12(16(3)15-11)7-13-10-4-5-19(17,18)8-10/h9-10,13H,4-8H2,1-3H3. The van der Waals surface area contributed by atoms with Crippen LogP contribution in [-0.4, -0.2) is 40.7 Å². The number of aryl methyl sites for hydroxylation is 1. The van der Waals surface area contributed by atoms with Gasteiger partial charge >= 0.3 is 0 Å². The van der Waals surface area contributed by atoms with Gasteiger partial charge in [-0.2, -0.15) is 5.10 Å². The highest BCUT2D eigenvalue weighted by molar-refractivity contribution is 7.91. The Labute approximate surface area is 114 Å². The number of hydrogen-bond donors (Lipinski definition) is 1. The molecule has 0 aliphatic carbocycles. The first-order valence-corrected chi connectivity index (χ1v) is 8.50. The lowest BCUT2D eigenvalue weighted by molar-refractivity contribution is 0.527. The molecule has 1 aliphatic rings. The normalized spacial score (nSPS) is 22.2. The second-order valence-corrected chi connectivity index (χ2v) is 7.88. The number of nitrogens with one attached hydrogen (secondary N) is 1. The van der Waals surface area contributed by atoms with Gasteiger partial charge in [0, 0.05) is 19.5 Å². The van der Waals surface area contributed by atoms with Gasteiger partial charge in [0.25, 0.3) is 0 Å². The van der Waals surface area contributed by atoms with Crippen LogP contribution in [0.15, 0.2) is 0 Å². The summed E-state index contributed by atoms with van der Waals surface area (Å²) < 4.78 is 24.5. The predicted octanol–water partition coefficient (Wildman–Crippen LogP) is 0.290. The number of sulfone groups is 1. The molecule has 0 bridgehead atoms. The molecule has 6 nitrogen and oxygen atoms in total. The number of hydrogen-bond acceptors (Lipinski definition) is 5. The Bertz CT molecular complexity index is 536. The van der Waals surface area contributed by atoms with Crippen molar-refractivity contribution in [2.24, 2.45) is 13.0 Å². The van der Waals surface area contributed by atoms with Gasteiger partial charge in [-0.1, -0.05) is 13.8 Å². The smallest absolute Gasteiger partial charge is 0.151 e. The van der Waals surface area contributed by atoms with Gasteiger partial charge in [0.1, 0.15) is 5.82 Å². The Morgan fingerprint density at radius 1 is 1.47 bits per heavy atom. The second-order valence-electron chi connectivity index (χ2n) is 5.65. The summed E-state index contributed by atoms with van der Waals surface area (Å²) in [5.74, 6) is 2.78. The molecule has 1 fully saturated rings. The summed E-state index contributed by atoms with van der Waals surface area (Å²) in [7, 11) is -0.952. The van der Waals surface area contributed by atoms with Crippen LogP contribution in [0.5, 0.6) is 0 Å². The Morgan fingerprint density at radius 3 is 2.79 bits per heavy atom. The van der Waals surface area contributed by atoms with E-state index in [-0.39, 0.29) is 11.8 Å². The highest BCUT2D eigenvalue weighted by Crippen LogP contribution is 2.12. The number of nitrogens with zero attached hydrogens (tertiary/aromatic N) is 3. The number of aromatic nitrogens is 3. The molecule has 2 heterocycles. The van der Waals surface area contributed by atoms with E-state index in [9.17, 15) is 8.42 Å². The number of rotatable bonds is 5. The quantitative estimate of drug-likeness (QED) is 0.842. The average Bonchev–Trinajstić information content (AvgIpc) is 2.78. The van der Waals surface area contributed by atoms with E-state index in [1.165, 1.54) is 0 Å². The van der Waals surface area contributed by atoms with Crippen LogP contribution in [-0.2, 0) is 29.9 Å². The van der Waals surface area contributed by atoms with E-state index in [0.717, 1.165) is 18.1 Å². The van der Waals surface area contributed by atoms with Crippen molar-refractivity contribution in [1.29, 1.82) is 0 Å². The summed E-state index contributed by atoms with van der Waals surface area (Å²) >= 11 is 0. The van der Waals surface area contributed by atoms with Crippen molar-refractivity contribution in [3.05, 3.63) is 11.6 Å².